The smallest absolute Gasteiger partial charge is 0.484 e. The minimum absolute atomic E-state index is 0.194. The molecule has 0 saturated heterocycles. The first-order valence-electron chi connectivity index (χ1n) is 9.92. The van der Waals surface area contributed by atoms with Crippen LogP contribution >= 0.6 is 0 Å². The molecule has 0 unspecified atom stereocenters. The lowest BCUT2D eigenvalue weighted by Crippen LogP contribution is -2.77. The van der Waals surface area contributed by atoms with Crippen LogP contribution < -0.4 is 10.1 Å². The van der Waals surface area contributed by atoms with E-state index in [1.54, 1.807) is 6.07 Å². The van der Waals surface area contributed by atoms with Crippen LogP contribution in [0.25, 0.3) is 0 Å². The molecule has 1 amide bonds. The molecule has 6 rings (SSSR count). The second kappa shape index (κ2) is 6.91. The van der Waals surface area contributed by atoms with Crippen molar-refractivity contribution in [1.29, 1.82) is 0 Å². The zero-order valence-corrected chi connectivity index (χ0v) is 16.2. The van der Waals surface area contributed by atoms with Gasteiger partial charge in [0.05, 0.1) is 11.5 Å². The predicted molar refractivity (Wildman–Crippen MR) is 95.5 cm³/mol. The normalized spacial score (nSPS) is 31.2. The first-order valence-corrected chi connectivity index (χ1v) is 9.92. The fourth-order valence-corrected chi connectivity index (χ4v) is 4.85. The average molecular weight is 441 g/mol. The van der Waals surface area contributed by atoms with Crippen LogP contribution in [-0.2, 0) is 14.9 Å². The number of carbonyl (C=O) groups excluding carboxylic acids is 1. The molecule has 4 aliphatic rings. The summed E-state index contributed by atoms with van der Waals surface area (Å²) in [4.78, 5) is 12.2. The lowest BCUT2D eigenvalue weighted by Gasteiger charge is -2.68. The topological polar surface area (TPSA) is 86.5 Å². The summed E-state index contributed by atoms with van der Waals surface area (Å²) < 4.78 is 64.9. The van der Waals surface area contributed by atoms with E-state index in [4.69, 9.17) is 9.15 Å². The largest absolute Gasteiger partial charge is 0.522 e. The average Bonchev–Trinajstić information content (AvgIpc) is 3.06. The Hall–Kier alpha value is -2.69. The highest BCUT2D eigenvalue weighted by Gasteiger charge is 2.72. The third-order valence-electron chi connectivity index (χ3n) is 6.24. The molecule has 1 aromatic heterocycles. The Morgan fingerprint density at radius 3 is 2.65 bits per heavy atom. The van der Waals surface area contributed by atoms with Crippen molar-refractivity contribution in [2.75, 3.05) is 6.61 Å². The Kier molecular flexibility index (Phi) is 4.51. The van der Waals surface area contributed by atoms with E-state index in [-0.39, 0.29) is 48.0 Å². The quantitative estimate of drug-likeness (QED) is 0.664. The van der Waals surface area contributed by atoms with Crippen molar-refractivity contribution >= 4 is 5.91 Å². The molecule has 0 atom stereocenters. The van der Waals surface area contributed by atoms with E-state index in [1.165, 1.54) is 18.2 Å². The highest BCUT2D eigenvalue weighted by molar-refractivity contribution is 5.79. The third-order valence-corrected chi connectivity index (χ3v) is 6.24. The SMILES string of the molecule is O=C(COc1cccc(F)c1)NC12CC(c3nnc(C4CC(OC(F)(F)F)C4)o3)(C1)C2. The van der Waals surface area contributed by atoms with Crippen LogP contribution in [-0.4, -0.2) is 40.7 Å². The van der Waals surface area contributed by atoms with Gasteiger partial charge in [-0.1, -0.05) is 6.07 Å². The van der Waals surface area contributed by atoms with Gasteiger partial charge < -0.3 is 14.5 Å². The monoisotopic (exact) mass is 441 g/mol. The van der Waals surface area contributed by atoms with Crippen molar-refractivity contribution in [2.24, 2.45) is 0 Å². The van der Waals surface area contributed by atoms with Gasteiger partial charge in [-0.15, -0.1) is 23.4 Å². The second-order valence-corrected chi connectivity index (χ2v) is 8.68. The van der Waals surface area contributed by atoms with Gasteiger partial charge in [0.15, 0.2) is 6.61 Å². The number of halogens is 4. The highest BCUT2D eigenvalue weighted by atomic mass is 19.4. The maximum Gasteiger partial charge on any atom is 0.522 e. The van der Waals surface area contributed by atoms with Crippen LogP contribution in [0, 0.1) is 5.82 Å². The molecule has 0 aliphatic heterocycles. The molecular weight excluding hydrogens is 422 g/mol. The summed E-state index contributed by atoms with van der Waals surface area (Å²) in [5.74, 6) is 0.117. The zero-order chi connectivity index (χ0) is 21.9. The van der Waals surface area contributed by atoms with Crippen molar-refractivity contribution in [3.63, 3.8) is 0 Å². The molecule has 31 heavy (non-hydrogen) atoms. The molecule has 1 N–H and O–H groups in total. The molecule has 166 valence electrons. The molecule has 11 heteroatoms. The second-order valence-electron chi connectivity index (χ2n) is 8.68. The maximum absolute atomic E-state index is 13.1. The van der Waals surface area contributed by atoms with Gasteiger partial charge in [0.1, 0.15) is 11.6 Å². The number of amides is 1. The molecule has 0 spiro atoms. The van der Waals surface area contributed by atoms with Crippen LogP contribution in [0.2, 0.25) is 0 Å². The Morgan fingerprint density at radius 1 is 1.23 bits per heavy atom. The van der Waals surface area contributed by atoms with Crippen molar-refractivity contribution in [2.45, 2.75) is 61.4 Å². The van der Waals surface area contributed by atoms with Gasteiger partial charge in [0.25, 0.3) is 5.91 Å². The predicted octanol–water partition coefficient (Wildman–Crippen LogP) is 3.36. The summed E-state index contributed by atoms with van der Waals surface area (Å²) >= 11 is 0. The molecule has 4 saturated carbocycles. The molecule has 1 aromatic carbocycles. The van der Waals surface area contributed by atoms with E-state index >= 15 is 0 Å². The fraction of sp³-hybridized carbons (Fsp3) is 0.550. The number of carbonyl (C=O) groups is 1. The first-order chi connectivity index (χ1) is 14.6. The number of nitrogens with zero attached hydrogens (tertiary/aromatic N) is 2. The number of hydrogen-bond acceptors (Lipinski definition) is 6. The van der Waals surface area contributed by atoms with Gasteiger partial charge in [-0.25, -0.2) is 4.39 Å². The minimum atomic E-state index is -4.64. The molecule has 4 aliphatic carbocycles. The number of ether oxygens (including phenoxy) is 2. The van der Waals surface area contributed by atoms with E-state index in [2.05, 4.69) is 20.3 Å². The number of hydrogen-bond donors (Lipinski definition) is 1. The molecule has 2 bridgehead atoms. The Bertz CT molecular complexity index is 983. The zero-order valence-electron chi connectivity index (χ0n) is 16.2. The maximum atomic E-state index is 13.1. The summed E-state index contributed by atoms with van der Waals surface area (Å²) in [6.07, 6.45) is -3.17. The van der Waals surface area contributed by atoms with Crippen LogP contribution in [0.3, 0.4) is 0 Å². The standard InChI is InChI=1S/C20H19F4N3O4/c21-12-2-1-3-13(6-12)29-7-15(28)25-19-8-18(9-19,10-19)17-27-26-16(30-17)11-4-14(5-11)31-20(22,23)24/h1-3,6,11,14H,4-5,7-10H2,(H,25,28). The summed E-state index contributed by atoms with van der Waals surface area (Å²) in [6.45, 7) is -0.217. The van der Waals surface area contributed by atoms with Crippen LogP contribution in [0.1, 0.15) is 49.8 Å². The highest BCUT2D eigenvalue weighted by Crippen LogP contribution is 2.67. The number of nitrogens with one attached hydrogen (secondary N) is 1. The molecule has 2 aromatic rings. The minimum Gasteiger partial charge on any atom is -0.484 e. The first kappa shape index (κ1) is 20.2. The number of rotatable bonds is 7. The van der Waals surface area contributed by atoms with Gasteiger partial charge in [-0.3, -0.25) is 9.53 Å². The molecule has 0 radical (unpaired) electrons. The van der Waals surface area contributed by atoms with E-state index in [0.29, 0.717) is 31.0 Å². The summed E-state index contributed by atoms with van der Waals surface area (Å²) in [7, 11) is 0. The van der Waals surface area contributed by atoms with Crippen LogP contribution in [0.5, 0.6) is 5.75 Å². The Morgan fingerprint density at radius 2 is 1.97 bits per heavy atom. The van der Waals surface area contributed by atoms with Gasteiger partial charge in [-0.05, 0) is 44.2 Å². The molecular formula is C20H19F4N3O4. The van der Waals surface area contributed by atoms with Gasteiger partial charge in [0, 0.05) is 17.5 Å². The van der Waals surface area contributed by atoms with Crippen molar-refractivity contribution in [3.8, 4) is 5.75 Å². The van der Waals surface area contributed by atoms with Crippen molar-refractivity contribution in [3.05, 3.63) is 41.9 Å². The van der Waals surface area contributed by atoms with E-state index in [0.717, 1.165) is 0 Å². The molecule has 1 heterocycles. The molecule has 4 fully saturated rings. The van der Waals surface area contributed by atoms with E-state index in [1.807, 2.05) is 0 Å². The Labute approximate surface area is 174 Å². The number of benzene rings is 1. The lowest BCUT2D eigenvalue weighted by molar-refractivity contribution is -0.352. The van der Waals surface area contributed by atoms with E-state index in [9.17, 15) is 22.4 Å². The summed E-state index contributed by atoms with van der Waals surface area (Å²) in [5, 5.41) is 11.0. The molecule has 7 nitrogen and oxygen atoms in total. The van der Waals surface area contributed by atoms with Crippen LogP contribution in [0.15, 0.2) is 28.7 Å². The van der Waals surface area contributed by atoms with Crippen molar-refractivity contribution < 1.29 is 36.2 Å². The lowest BCUT2D eigenvalue weighted by atomic mass is 9.39. The number of aromatic nitrogens is 2. The summed E-state index contributed by atoms with van der Waals surface area (Å²) in [6, 6.07) is 5.56. The van der Waals surface area contributed by atoms with Gasteiger partial charge >= 0.3 is 6.36 Å². The Balaban J connectivity index is 1.09. The van der Waals surface area contributed by atoms with Gasteiger partial charge in [-0.2, -0.15) is 0 Å². The third kappa shape index (κ3) is 3.86. The summed E-state index contributed by atoms with van der Waals surface area (Å²) in [5.41, 5.74) is -0.618. The fourth-order valence-electron chi connectivity index (χ4n) is 4.85. The van der Waals surface area contributed by atoms with Gasteiger partial charge in [0.2, 0.25) is 11.8 Å². The van der Waals surface area contributed by atoms with Crippen molar-refractivity contribution in [1.82, 2.24) is 15.5 Å². The van der Waals surface area contributed by atoms with E-state index < -0.39 is 18.3 Å². The number of alkyl halides is 3. The van der Waals surface area contributed by atoms with Crippen LogP contribution in [0.4, 0.5) is 17.6 Å².